The molecule has 1 saturated heterocycles. The second-order valence-corrected chi connectivity index (χ2v) is 11.1. The molecule has 3 amide bonds. The Morgan fingerprint density at radius 3 is 2.41 bits per heavy atom. The Morgan fingerprint density at radius 1 is 1.02 bits per heavy atom. The van der Waals surface area contributed by atoms with E-state index >= 15 is 0 Å². The van der Waals surface area contributed by atoms with E-state index in [2.05, 4.69) is 10.6 Å². The van der Waals surface area contributed by atoms with Gasteiger partial charge in [0.25, 0.3) is 0 Å². The fourth-order valence-corrected chi connectivity index (χ4v) is 5.95. The minimum absolute atomic E-state index is 0.0469. The third-order valence-electron chi connectivity index (χ3n) is 6.53. The minimum Gasteiger partial charge on any atom is -0.497 e. The zero-order valence-corrected chi connectivity index (χ0v) is 23.6. The van der Waals surface area contributed by atoms with Crippen molar-refractivity contribution in [3.05, 3.63) is 83.9 Å². The van der Waals surface area contributed by atoms with E-state index < -0.39 is 28.0 Å². The van der Waals surface area contributed by atoms with E-state index in [9.17, 15) is 18.0 Å². The van der Waals surface area contributed by atoms with Crippen LogP contribution in [0.3, 0.4) is 0 Å². The highest BCUT2D eigenvalue weighted by atomic mass is 32.2. The van der Waals surface area contributed by atoms with Gasteiger partial charge in [-0.3, -0.25) is 4.79 Å². The number of nitrogens with zero attached hydrogens (tertiary/aromatic N) is 3. The van der Waals surface area contributed by atoms with Gasteiger partial charge < -0.3 is 25.0 Å². The molecule has 0 aliphatic carbocycles. The summed E-state index contributed by atoms with van der Waals surface area (Å²) in [6.45, 7) is 2.33. The van der Waals surface area contributed by atoms with Crippen LogP contribution < -0.4 is 20.1 Å². The molecule has 2 N–H and O–H groups in total. The zero-order valence-electron chi connectivity index (χ0n) is 22.7. The highest BCUT2D eigenvalue weighted by Crippen LogP contribution is 2.24. The molecule has 3 aromatic rings. The van der Waals surface area contributed by atoms with Crippen molar-refractivity contribution >= 4 is 27.6 Å². The molecule has 1 heterocycles. The predicted molar refractivity (Wildman–Crippen MR) is 152 cm³/mol. The molecule has 12 heteroatoms. The third-order valence-corrected chi connectivity index (χ3v) is 8.45. The monoisotopic (exact) mass is 577 g/mol. The molecule has 0 radical (unpaired) electrons. The van der Waals surface area contributed by atoms with Gasteiger partial charge in [-0.2, -0.15) is 9.57 Å². The number of piperazine rings is 1. The van der Waals surface area contributed by atoms with E-state index in [4.69, 9.17) is 14.7 Å². The van der Waals surface area contributed by atoms with Crippen LogP contribution in [0.25, 0.3) is 0 Å². The normalized spacial score (nSPS) is 15.4. The molecule has 1 unspecified atom stereocenters. The number of hydrogen-bond donors (Lipinski definition) is 2. The smallest absolute Gasteiger partial charge is 0.321 e. The maximum absolute atomic E-state index is 13.6. The number of nitrogens with one attached hydrogen (secondary N) is 2. The molecule has 1 aliphatic rings. The van der Waals surface area contributed by atoms with Crippen molar-refractivity contribution in [2.75, 3.05) is 38.7 Å². The van der Waals surface area contributed by atoms with Crippen LogP contribution in [-0.4, -0.2) is 69.0 Å². The quantitative estimate of drug-likeness (QED) is 0.398. The first-order valence-corrected chi connectivity index (χ1v) is 14.4. The lowest BCUT2D eigenvalue weighted by Crippen LogP contribution is -2.61. The number of carbonyl (C=O) groups excluding carboxylic acids is 2. The van der Waals surface area contributed by atoms with Gasteiger partial charge in [0.1, 0.15) is 17.5 Å². The van der Waals surface area contributed by atoms with Crippen LogP contribution in [0.5, 0.6) is 11.5 Å². The summed E-state index contributed by atoms with van der Waals surface area (Å²) in [5.41, 5.74) is 1.61. The molecule has 1 atom stereocenters. The molecule has 214 valence electrons. The average molecular weight is 578 g/mol. The Bertz CT molecular complexity index is 1520. The van der Waals surface area contributed by atoms with Gasteiger partial charge in [-0.05, 0) is 73.2 Å². The van der Waals surface area contributed by atoms with Gasteiger partial charge in [0.15, 0.2) is 0 Å². The first-order valence-electron chi connectivity index (χ1n) is 13.0. The van der Waals surface area contributed by atoms with Crippen LogP contribution in [-0.2, 0) is 21.4 Å². The summed E-state index contributed by atoms with van der Waals surface area (Å²) in [4.78, 5) is 28.0. The topological polar surface area (TPSA) is 141 Å². The summed E-state index contributed by atoms with van der Waals surface area (Å²) in [7, 11) is -2.58. The second kappa shape index (κ2) is 13.2. The molecule has 3 aromatic carbocycles. The van der Waals surface area contributed by atoms with Crippen LogP contribution in [0.2, 0.25) is 0 Å². The van der Waals surface area contributed by atoms with Crippen LogP contribution >= 0.6 is 0 Å². The number of anilines is 1. The van der Waals surface area contributed by atoms with Crippen molar-refractivity contribution < 1.29 is 27.5 Å². The summed E-state index contributed by atoms with van der Waals surface area (Å²) in [6, 6.07) is 19.8. The molecule has 0 saturated carbocycles. The number of sulfonamides is 1. The van der Waals surface area contributed by atoms with E-state index in [1.807, 2.05) is 19.1 Å². The molecule has 0 aromatic heterocycles. The van der Waals surface area contributed by atoms with Crippen LogP contribution in [0.15, 0.2) is 77.7 Å². The van der Waals surface area contributed by atoms with Gasteiger partial charge in [0, 0.05) is 31.9 Å². The fourth-order valence-electron chi connectivity index (χ4n) is 4.38. The number of methoxy groups -OCH3 is 1. The van der Waals surface area contributed by atoms with Crippen molar-refractivity contribution in [1.29, 1.82) is 5.26 Å². The SMILES string of the molecule is CCOc1ccc(NC(=O)N2CCN(S(=O)(=O)c3ccc(C#N)cc3)C(C(=O)NCc3cccc(OC)c3)C2)cc1. The Kier molecular flexibility index (Phi) is 9.44. The number of urea groups is 1. The van der Waals surface area contributed by atoms with E-state index in [0.717, 1.165) is 9.87 Å². The number of ether oxygens (including phenoxy) is 2. The molecular weight excluding hydrogens is 546 g/mol. The second-order valence-electron chi connectivity index (χ2n) is 9.17. The summed E-state index contributed by atoms with van der Waals surface area (Å²) >= 11 is 0. The van der Waals surface area contributed by atoms with Crippen molar-refractivity contribution in [2.45, 2.75) is 24.4 Å². The van der Waals surface area contributed by atoms with E-state index in [-0.39, 0.29) is 31.1 Å². The first kappa shape index (κ1) is 29.4. The summed E-state index contributed by atoms with van der Waals surface area (Å²) < 4.78 is 39.0. The van der Waals surface area contributed by atoms with Gasteiger partial charge >= 0.3 is 6.03 Å². The van der Waals surface area contributed by atoms with E-state index in [1.54, 1.807) is 49.6 Å². The van der Waals surface area contributed by atoms with Gasteiger partial charge in [-0.1, -0.05) is 12.1 Å². The maximum atomic E-state index is 13.6. The highest BCUT2D eigenvalue weighted by Gasteiger charge is 2.41. The highest BCUT2D eigenvalue weighted by molar-refractivity contribution is 7.89. The van der Waals surface area contributed by atoms with Crippen LogP contribution in [0.1, 0.15) is 18.1 Å². The number of rotatable bonds is 9. The number of benzene rings is 3. The van der Waals surface area contributed by atoms with E-state index in [1.165, 1.54) is 29.2 Å². The predicted octanol–water partition coefficient (Wildman–Crippen LogP) is 3.19. The Hall–Kier alpha value is -4.60. The molecule has 0 bridgehead atoms. The van der Waals surface area contributed by atoms with Crippen molar-refractivity contribution in [2.24, 2.45) is 0 Å². The lowest BCUT2D eigenvalue weighted by Gasteiger charge is -2.39. The number of carbonyl (C=O) groups is 2. The lowest BCUT2D eigenvalue weighted by atomic mass is 10.1. The minimum atomic E-state index is -4.12. The Labute approximate surface area is 239 Å². The molecule has 0 spiro atoms. The number of hydrogen-bond acceptors (Lipinski definition) is 7. The Balaban J connectivity index is 1.54. The lowest BCUT2D eigenvalue weighted by molar-refractivity contribution is -0.126. The van der Waals surface area contributed by atoms with Crippen LogP contribution in [0, 0.1) is 11.3 Å². The van der Waals surface area contributed by atoms with Gasteiger partial charge in [-0.25, -0.2) is 13.2 Å². The average Bonchev–Trinajstić information content (AvgIpc) is 3.00. The summed E-state index contributed by atoms with van der Waals surface area (Å²) in [6.07, 6.45) is 0. The maximum Gasteiger partial charge on any atom is 0.321 e. The van der Waals surface area contributed by atoms with Gasteiger partial charge in [0.05, 0.1) is 30.2 Å². The molecule has 11 nitrogen and oxygen atoms in total. The molecule has 4 rings (SSSR count). The van der Waals surface area contributed by atoms with Crippen molar-refractivity contribution in [3.63, 3.8) is 0 Å². The summed E-state index contributed by atoms with van der Waals surface area (Å²) in [5.74, 6) is 0.736. The molecule has 1 aliphatic heterocycles. The zero-order chi connectivity index (χ0) is 29.4. The standard InChI is InChI=1S/C29H31N5O6S/c1-3-40-24-11-9-23(10-12-24)32-29(36)33-15-16-34(41(37,38)26-13-7-21(18-30)8-14-26)27(20-33)28(35)31-19-22-5-4-6-25(17-22)39-2/h4-14,17,27H,3,15-16,19-20H2,1-2H3,(H,31,35)(H,32,36). The van der Waals surface area contributed by atoms with Gasteiger partial charge in [-0.15, -0.1) is 0 Å². The molecular formula is C29H31N5O6S. The molecule has 1 fully saturated rings. The Morgan fingerprint density at radius 2 is 1.76 bits per heavy atom. The summed E-state index contributed by atoms with van der Waals surface area (Å²) in [5, 5.41) is 14.7. The number of nitriles is 1. The fraction of sp³-hybridized carbons (Fsp3) is 0.276. The van der Waals surface area contributed by atoms with Crippen molar-refractivity contribution in [1.82, 2.24) is 14.5 Å². The van der Waals surface area contributed by atoms with Crippen molar-refractivity contribution in [3.8, 4) is 17.6 Å². The number of amides is 3. The largest absolute Gasteiger partial charge is 0.497 e. The van der Waals surface area contributed by atoms with E-state index in [0.29, 0.717) is 29.4 Å². The van der Waals surface area contributed by atoms with Gasteiger partial charge in [0.2, 0.25) is 15.9 Å². The molecule has 41 heavy (non-hydrogen) atoms. The third kappa shape index (κ3) is 7.13. The first-order chi connectivity index (χ1) is 19.7. The van der Waals surface area contributed by atoms with Crippen LogP contribution in [0.4, 0.5) is 10.5 Å².